The van der Waals surface area contributed by atoms with Crippen molar-refractivity contribution >= 4 is 60.9 Å². The first kappa shape index (κ1) is 26.0. The molecule has 0 amide bonds. The van der Waals surface area contributed by atoms with E-state index in [0.717, 1.165) is 66.4 Å². The summed E-state index contributed by atoms with van der Waals surface area (Å²) in [5.41, 5.74) is 12.9. The standard InChI is InChI=1S/C43H28N2O2/c1-2-8-30(9-3-1)43-44-37-11-5-6-12-38(37)45(43)32-21-18-28(19-22-32)27-14-16-29(17-15-27)31-20-23-40-34(24-31)36-26-41-35(25-42(36)47-40)33-10-4-7-13-39(33)46-41/h1-26,43-44H. The Labute approximate surface area is 271 Å². The van der Waals surface area contributed by atoms with E-state index >= 15 is 0 Å². The second-order valence-electron chi connectivity index (χ2n) is 12.2. The number of fused-ring (bicyclic) bond motifs is 7. The zero-order valence-corrected chi connectivity index (χ0v) is 25.4. The molecule has 0 spiro atoms. The van der Waals surface area contributed by atoms with Crippen LogP contribution in [0.5, 0.6) is 0 Å². The number of nitrogens with zero attached hydrogens (tertiary/aromatic N) is 1. The third-order valence-corrected chi connectivity index (χ3v) is 9.49. The highest BCUT2D eigenvalue weighted by Crippen LogP contribution is 2.46. The van der Waals surface area contributed by atoms with Crippen LogP contribution >= 0.6 is 0 Å². The third-order valence-electron chi connectivity index (χ3n) is 9.49. The van der Waals surface area contributed by atoms with E-state index in [1.165, 1.54) is 22.4 Å². The molecule has 0 fully saturated rings. The predicted octanol–water partition coefficient (Wildman–Crippen LogP) is 12.1. The van der Waals surface area contributed by atoms with Gasteiger partial charge in [0.25, 0.3) is 0 Å². The number of rotatable bonds is 4. The van der Waals surface area contributed by atoms with Crippen LogP contribution in [-0.4, -0.2) is 0 Å². The molecule has 0 bridgehead atoms. The lowest BCUT2D eigenvalue weighted by molar-refractivity contribution is 0.664. The normalized spacial score (nSPS) is 14.3. The Bertz CT molecular complexity index is 2600. The topological polar surface area (TPSA) is 41.5 Å². The van der Waals surface area contributed by atoms with Gasteiger partial charge in [-0.2, -0.15) is 0 Å². The smallest absolute Gasteiger partial charge is 0.136 e. The Morgan fingerprint density at radius 2 is 0.979 bits per heavy atom. The first-order chi connectivity index (χ1) is 23.3. The first-order valence-electron chi connectivity index (χ1n) is 16.0. The number of benzene rings is 7. The minimum absolute atomic E-state index is 0.0353. The van der Waals surface area contributed by atoms with Crippen LogP contribution in [0.15, 0.2) is 167 Å². The van der Waals surface area contributed by atoms with Crippen LogP contribution in [0.25, 0.3) is 66.1 Å². The fourth-order valence-corrected chi connectivity index (χ4v) is 7.16. The van der Waals surface area contributed by atoms with Crippen molar-refractivity contribution in [2.24, 2.45) is 0 Å². The van der Waals surface area contributed by atoms with Crippen molar-refractivity contribution in [3.8, 4) is 22.3 Å². The summed E-state index contributed by atoms with van der Waals surface area (Å²) in [6.07, 6.45) is 0.0353. The van der Waals surface area contributed by atoms with Gasteiger partial charge in [0.2, 0.25) is 0 Å². The van der Waals surface area contributed by atoms with Crippen molar-refractivity contribution < 1.29 is 8.83 Å². The molecular formula is C43H28N2O2. The molecule has 0 saturated heterocycles. The maximum Gasteiger partial charge on any atom is 0.136 e. The van der Waals surface area contributed by atoms with E-state index in [4.69, 9.17) is 8.83 Å². The van der Waals surface area contributed by atoms with Crippen LogP contribution in [0.1, 0.15) is 11.7 Å². The van der Waals surface area contributed by atoms with E-state index in [9.17, 15) is 0 Å². The van der Waals surface area contributed by atoms with Gasteiger partial charge in [0.15, 0.2) is 0 Å². The van der Waals surface area contributed by atoms with Crippen molar-refractivity contribution in [3.05, 3.63) is 163 Å². The lowest BCUT2D eigenvalue weighted by Gasteiger charge is -2.27. The van der Waals surface area contributed by atoms with Gasteiger partial charge in [0, 0.05) is 27.2 Å². The largest absolute Gasteiger partial charge is 0.456 e. The number of hydrogen-bond acceptors (Lipinski definition) is 4. The third kappa shape index (κ3) is 4.15. The monoisotopic (exact) mass is 604 g/mol. The highest BCUT2D eigenvalue weighted by atomic mass is 16.3. The molecule has 1 unspecified atom stereocenters. The van der Waals surface area contributed by atoms with Crippen LogP contribution in [0.4, 0.5) is 17.1 Å². The minimum atomic E-state index is 0.0353. The Kier molecular flexibility index (Phi) is 5.60. The van der Waals surface area contributed by atoms with Gasteiger partial charge in [-0.15, -0.1) is 0 Å². The van der Waals surface area contributed by atoms with Crippen molar-refractivity contribution in [2.75, 3.05) is 10.2 Å². The molecule has 1 N–H and O–H groups in total. The van der Waals surface area contributed by atoms with Crippen LogP contribution in [0.3, 0.4) is 0 Å². The van der Waals surface area contributed by atoms with Gasteiger partial charge < -0.3 is 19.1 Å². The summed E-state index contributed by atoms with van der Waals surface area (Å²) in [6.45, 7) is 0. The molecule has 1 aliphatic heterocycles. The summed E-state index contributed by atoms with van der Waals surface area (Å²) < 4.78 is 12.5. The summed E-state index contributed by atoms with van der Waals surface area (Å²) in [6, 6.07) is 55.6. The number of para-hydroxylation sites is 3. The highest BCUT2D eigenvalue weighted by molar-refractivity contribution is 6.15. The van der Waals surface area contributed by atoms with E-state index in [-0.39, 0.29) is 6.17 Å². The van der Waals surface area contributed by atoms with Crippen molar-refractivity contribution in [2.45, 2.75) is 6.17 Å². The Hall–Kier alpha value is -6.26. The molecule has 10 rings (SSSR count). The van der Waals surface area contributed by atoms with Crippen molar-refractivity contribution in [1.82, 2.24) is 0 Å². The van der Waals surface area contributed by atoms with E-state index in [0.29, 0.717) is 0 Å². The molecule has 0 radical (unpaired) electrons. The van der Waals surface area contributed by atoms with E-state index in [1.54, 1.807) is 0 Å². The molecule has 9 aromatic rings. The molecule has 0 aliphatic carbocycles. The summed E-state index contributed by atoms with van der Waals surface area (Å²) >= 11 is 0. The number of furan rings is 2. The van der Waals surface area contributed by atoms with E-state index < -0.39 is 0 Å². The molecule has 3 heterocycles. The SMILES string of the molecule is c1ccc(C2Nc3ccccc3N2c2ccc(-c3ccc(-c4ccc5oc6cc7c(cc6c5c4)oc4ccccc47)cc3)cc2)cc1. The van der Waals surface area contributed by atoms with Crippen LogP contribution in [-0.2, 0) is 0 Å². The molecule has 0 saturated carbocycles. The molecule has 4 nitrogen and oxygen atoms in total. The fraction of sp³-hybridized carbons (Fsp3) is 0.0233. The number of nitrogens with one attached hydrogen (secondary N) is 1. The van der Waals surface area contributed by atoms with Crippen LogP contribution in [0, 0.1) is 0 Å². The fourth-order valence-electron chi connectivity index (χ4n) is 7.16. The second kappa shape index (κ2) is 10.1. The van der Waals surface area contributed by atoms with Gasteiger partial charge in [0.05, 0.1) is 11.4 Å². The molecule has 2 aromatic heterocycles. The lowest BCUT2D eigenvalue weighted by atomic mass is 9.98. The van der Waals surface area contributed by atoms with E-state index in [1.807, 2.05) is 18.2 Å². The lowest BCUT2D eigenvalue weighted by Crippen LogP contribution is -2.23. The van der Waals surface area contributed by atoms with Gasteiger partial charge in [-0.3, -0.25) is 0 Å². The first-order valence-corrected chi connectivity index (χ1v) is 16.0. The quantitative estimate of drug-likeness (QED) is 0.217. The van der Waals surface area contributed by atoms with Crippen LogP contribution in [0.2, 0.25) is 0 Å². The molecule has 7 aromatic carbocycles. The summed E-state index contributed by atoms with van der Waals surface area (Å²) in [5.74, 6) is 0. The molecule has 1 atom stereocenters. The Morgan fingerprint density at radius 3 is 1.74 bits per heavy atom. The summed E-state index contributed by atoms with van der Waals surface area (Å²) in [5, 5.41) is 8.05. The number of anilines is 3. The van der Waals surface area contributed by atoms with Crippen molar-refractivity contribution in [3.63, 3.8) is 0 Å². The Balaban J connectivity index is 0.963. The highest BCUT2D eigenvalue weighted by Gasteiger charge is 2.30. The summed E-state index contributed by atoms with van der Waals surface area (Å²) in [4.78, 5) is 2.38. The van der Waals surface area contributed by atoms with Gasteiger partial charge in [0.1, 0.15) is 28.5 Å². The maximum absolute atomic E-state index is 6.30. The summed E-state index contributed by atoms with van der Waals surface area (Å²) in [7, 11) is 0. The average Bonchev–Trinajstić information content (AvgIpc) is 3.82. The Morgan fingerprint density at radius 1 is 0.426 bits per heavy atom. The van der Waals surface area contributed by atoms with Gasteiger partial charge in [-0.05, 0) is 82.4 Å². The maximum atomic E-state index is 6.30. The second-order valence-corrected chi connectivity index (χ2v) is 12.2. The van der Waals surface area contributed by atoms with Crippen molar-refractivity contribution in [1.29, 1.82) is 0 Å². The molecule has 1 aliphatic rings. The molecule has 222 valence electrons. The van der Waals surface area contributed by atoms with Gasteiger partial charge in [-0.1, -0.05) is 103 Å². The number of hydrogen-bond donors (Lipinski definition) is 1. The molecule has 47 heavy (non-hydrogen) atoms. The van der Waals surface area contributed by atoms with Gasteiger partial charge in [-0.25, -0.2) is 0 Å². The van der Waals surface area contributed by atoms with Crippen LogP contribution < -0.4 is 10.2 Å². The van der Waals surface area contributed by atoms with E-state index in [2.05, 4.69) is 150 Å². The zero-order chi connectivity index (χ0) is 30.9. The molecular weight excluding hydrogens is 576 g/mol. The zero-order valence-electron chi connectivity index (χ0n) is 25.4. The molecule has 4 heteroatoms. The van der Waals surface area contributed by atoms with Gasteiger partial charge >= 0.3 is 0 Å². The average molecular weight is 605 g/mol. The minimum Gasteiger partial charge on any atom is -0.456 e. The predicted molar refractivity (Wildman–Crippen MR) is 193 cm³/mol.